The van der Waals surface area contributed by atoms with Crippen LogP contribution in [-0.2, 0) is 0 Å². The monoisotopic (exact) mass is 281 g/mol. The molecule has 21 heavy (non-hydrogen) atoms. The largest absolute Gasteiger partial charge is 0.381 e. The van der Waals surface area contributed by atoms with E-state index >= 15 is 0 Å². The Bertz CT molecular complexity index is 822. The molecule has 0 saturated heterocycles. The fraction of sp³-hybridized carbons (Fsp3) is 0.133. The van der Waals surface area contributed by atoms with Crippen LogP contribution in [0.3, 0.4) is 0 Å². The molecule has 0 radical (unpaired) electrons. The molecule has 0 aliphatic carbocycles. The van der Waals surface area contributed by atoms with Crippen LogP contribution in [0.2, 0.25) is 0 Å². The second-order valence-electron chi connectivity index (χ2n) is 4.93. The van der Waals surface area contributed by atoms with Gasteiger partial charge in [0.05, 0.1) is 11.9 Å². The molecule has 3 rings (SSSR count). The molecule has 0 fully saturated rings. The van der Waals surface area contributed by atoms with Gasteiger partial charge in [0.25, 0.3) is 5.91 Å². The average Bonchev–Trinajstić information content (AvgIpc) is 2.97. The number of nitrogens with zero attached hydrogens (tertiary/aromatic N) is 4. The third-order valence-corrected chi connectivity index (χ3v) is 3.27. The molecule has 0 aliphatic heterocycles. The van der Waals surface area contributed by atoms with Crippen LogP contribution in [0.25, 0.3) is 16.9 Å². The number of rotatable bonds is 2. The van der Waals surface area contributed by atoms with E-state index in [1.807, 2.05) is 28.8 Å². The molecule has 1 aromatic carbocycles. The van der Waals surface area contributed by atoms with Crippen molar-refractivity contribution in [3.8, 4) is 11.3 Å². The van der Waals surface area contributed by atoms with Gasteiger partial charge in [0.1, 0.15) is 0 Å². The van der Waals surface area contributed by atoms with Gasteiger partial charge in [-0.25, -0.2) is 9.97 Å². The molecule has 0 unspecified atom stereocenters. The highest BCUT2D eigenvalue weighted by Gasteiger charge is 2.12. The van der Waals surface area contributed by atoms with E-state index in [2.05, 4.69) is 9.97 Å². The number of aromatic nitrogens is 3. The minimum atomic E-state index is -0.0397. The van der Waals surface area contributed by atoms with E-state index in [-0.39, 0.29) is 5.91 Å². The molecule has 6 nitrogen and oxygen atoms in total. The molecule has 2 aromatic heterocycles. The highest BCUT2D eigenvalue weighted by molar-refractivity contribution is 5.95. The molecule has 2 heterocycles. The van der Waals surface area contributed by atoms with Crippen LogP contribution in [0, 0.1) is 0 Å². The lowest BCUT2D eigenvalue weighted by Crippen LogP contribution is -2.21. The highest BCUT2D eigenvalue weighted by atomic mass is 16.2. The summed E-state index contributed by atoms with van der Waals surface area (Å²) < 4.78 is 1.86. The normalized spacial score (nSPS) is 10.8. The predicted molar refractivity (Wildman–Crippen MR) is 80.9 cm³/mol. The van der Waals surface area contributed by atoms with Gasteiger partial charge in [-0.1, -0.05) is 12.1 Å². The first-order valence-corrected chi connectivity index (χ1v) is 6.47. The Hall–Kier alpha value is -2.89. The summed E-state index contributed by atoms with van der Waals surface area (Å²) in [5.74, 6) is 0.339. The summed E-state index contributed by atoms with van der Waals surface area (Å²) in [6, 6.07) is 7.42. The van der Waals surface area contributed by atoms with E-state index < -0.39 is 0 Å². The second-order valence-corrected chi connectivity index (χ2v) is 4.93. The number of imidazole rings is 1. The molecule has 0 saturated carbocycles. The Morgan fingerprint density at radius 3 is 2.86 bits per heavy atom. The van der Waals surface area contributed by atoms with Gasteiger partial charge in [0.15, 0.2) is 11.5 Å². The number of carbonyl (C=O) groups excluding carboxylic acids is 1. The van der Waals surface area contributed by atoms with Crippen molar-refractivity contribution in [2.45, 2.75) is 0 Å². The van der Waals surface area contributed by atoms with Crippen LogP contribution in [0.15, 0.2) is 42.9 Å². The average molecular weight is 281 g/mol. The maximum absolute atomic E-state index is 12.1. The SMILES string of the molecule is CN(C)C(=O)c1cccc(-c2cnc(N)c3nccn23)c1. The number of hydrogen-bond donors (Lipinski definition) is 1. The number of hydrogen-bond acceptors (Lipinski definition) is 4. The molecule has 2 N–H and O–H groups in total. The molecule has 0 atom stereocenters. The van der Waals surface area contributed by atoms with Crippen molar-refractivity contribution in [2.75, 3.05) is 19.8 Å². The first kappa shape index (κ1) is 13.1. The van der Waals surface area contributed by atoms with Crippen molar-refractivity contribution in [1.82, 2.24) is 19.3 Å². The second kappa shape index (κ2) is 4.90. The zero-order chi connectivity index (χ0) is 15.0. The van der Waals surface area contributed by atoms with Crippen molar-refractivity contribution in [2.24, 2.45) is 0 Å². The first-order valence-electron chi connectivity index (χ1n) is 6.47. The summed E-state index contributed by atoms with van der Waals surface area (Å²) in [4.78, 5) is 22.0. The van der Waals surface area contributed by atoms with Gasteiger partial charge < -0.3 is 10.6 Å². The van der Waals surface area contributed by atoms with E-state index in [1.54, 1.807) is 37.5 Å². The van der Waals surface area contributed by atoms with Gasteiger partial charge in [0.2, 0.25) is 0 Å². The Labute approximate surface area is 121 Å². The van der Waals surface area contributed by atoms with E-state index in [0.717, 1.165) is 11.3 Å². The zero-order valence-corrected chi connectivity index (χ0v) is 11.8. The molecule has 1 amide bonds. The Morgan fingerprint density at radius 1 is 1.29 bits per heavy atom. The van der Waals surface area contributed by atoms with Gasteiger partial charge in [-0.2, -0.15) is 0 Å². The van der Waals surface area contributed by atoms with Crippen molar-refractivity contribution < 1.29 is 4.79 Å². The van der Waals surface area contributed by atoms with Gasteiger partial charge in [0, 0.05) is 37.6 Å². The third-order valence-electron chi connectivity index (χ3n) is 3.27. The Morgan fingerprint density at radius 2 is 2.10 bits per heavy atom. The number of nitrogen functional groups attached to an aromatic ring is 1. The molecule has 0 bridgehead atoms. The third kappa shape index (κ3) is 2.20. The van der Waals surface area contributed by atoms with Crippen LogP contribution >= 0.6 is 0 Å². The maximum atomic E-state index is 12.1. The smallest absolute Gasteiger partial charge is 0.253 e. The van der Waals surface area contributed by atoms with Crippen molar-refractivity contribution in [3.05, 3.63) is 48.4 Å². The maximum Gasteiger partial charge on any atom is 0.253 e. The molecule has 6 heteroatoms. The van der Waals surface area contributed by atoms with E-state index in [9.17, 15) is 4.79 Å². The fourth-order valence-electron chi connectivity index (χ4n) is 2.22. The lowest BCUT2D eigenvalue weighted by Gasteiger charge is -2.12. The fourth-order valence-corrected chi connectivity index (χ4v) is 2.22. The number of carbonyl (C=O) groups is 1. The van der Waals surface area contributed by atoms with Gasteiger partial charge in [-0.3, -0.25) is 9.20 Å². The number of benzene rings is 1. The number of nitrogens with two attached hydrogens (primary N) is 1. The van der Waals surface area contributed by atoms with E-state index in [1.165, 1.54) is 0 Å². The van der Waals surface area contributed by atoms with E-state index in [0.29, 0.717) is 17.0 Å². The van der Waals surface area contributed by atoms with Crippen LogP contribution in [0.5, 0.6) is 0 Å². The predicted octanol–water partition coefficient (Wildman–Crippen LogP) is 1.68. The summed E-state index contributed by atoms with van der Waals surface area (Å²) in [7, 11) is 3.46. The van der Waals surface area contributed by atoms with Crippen molar-refractivity contribution in [3.63, 3.8) is 0 Å². The van der Waals surface area contributed by atoms with Crippen LogP contribution in [-0.4, -0.2) is 39.3 Å². The standard InChI is InChI=1S/C15H15N5O/c1-19(2)15(21)11-5-3-4-10(8-11)12-9-18-13(16)14-17-6-7-20(12)14/h3-9H,1-2H3,(H2,16,18). The first-order chi connectivity index (χ1) is 10.1. The highest BCUT2D eigenvalue weighted by Crippen LogP contribution is 2.23. The number of fused-ring (bicyclic) bond motifs is 1. The summed E-state index contributed by atoms with van der Waals surface area (Å²) in [6.07, 6.45) is 5.18. The summed E-state index contributed by atoms with van der Waals surface area (Å²) in [5.41, 5.74) is 8.77. The van der Waals surface area contributed by atoms with Crippen molar-refractivity contribution in [1.29, 1.82) is 0 Å². The number of amides is 1. The Balaban J connectivity index is 2.15. The van der Waals surface area contributed by atoms with Crippen LogP contribution in [0.1, 0.15) is 10.4 Å². The van der Waals surface area contributed by atoms with Gasteiger partial charge in [-0.05, 0) is 12.1 Å². The molecule has 106 valence electrons. The number of anilines is 1. The molecular weight excluding hydrogens is 266 g/mol. The van der Waals surface area contributed by atoms with Gasteiger partial charge in [-0.15, -0.1) is 0 Å². The lowest BCUT2D eigenvalue weighted by atomic mass is 10.1. The van der Waals surface area contributed by atoms with Crippen LogP contribution < -0.4 is 5.73 Å². The summed E-state index contributed by atoms with van der Waals surface area (Å²) >= 11 is 0. The van der Waals surface area contributed by atoms with Crippen LogP contribution in [0.4, 0.5) is 5.82 Å². The lowest BCUT2D eigenvalue weighted by molar-refractivity contribution is 0.0827. The van der Waals surface area contributed by atoms with E-state index in [4.69, 9.17) is 5.73 Å². The molecular formula is C15H15N5O. The molecule has 0 aliphatic rings. The minimum absolute atomic E-state index is 0.0397. The topological polar surface area (TPSA) is 76.5 Å². The zero-order valence-electron chi connectivity index (χ0n) is 11.8. The van der Waals surface area contributed by atoms with Gasteiger partial charge >= 0.3 is 0 Å². The molecule has 0 spiro atoms. The molecule has 3 aromatic rings. The quantitative estimate of drug-likeness (QED) is 0.775. The minimum Gasteiger partial charge on any atom is -0.381 e. The van der Waals surface area contributed by atoms with Crippen molar-refractivity contribution >= 4 is 17.4 Å². The summed E-state index contributed by atoms with van der Waals surface area (Å²) in [5, 5.41) is 0. The Kier molecular flexibility index (Phi) is 3.06. The summed E-state index contributed by atoms with van der Waals surface area (Å²) in [6.45, 7) is 0.